The van der Waals surface area contributed by atoms with Gasteiger partial charge in [0.1, 0.15) is 0 Å². The van der Waals surface area contributed by atoms with Crippen molar-refractivity contribution in [3.63, 3.8) is 0 Å². The molecule has 0 bridgehead atoms. The number of piperazine rings is 1. The Morgan fingerprint density at radius 2 is 1.84 bits per heavy atom. The Labute approximate surface area is 112 Å². The third-order valence-electron chi connectivity index (χ3n) is 3.73. The molecule has 2 rings (SSSR count). The summed E-state index contributed by atoms with van der Waals surface area (Å²) in [4.78, 5) is 25.4. The van der Waals surface area contributed by atoms with E-state index in [2.05, 4.69) is 5.32 Å². The smallest absolute Gasteiger partial charge is 0.246 e. The van der Waals surface area contributed by atoms with E-state index in [1.165, 1.54) is 0 Å². The van der Waals surface area contributed by atoms with E-state index in [1.54, 1.807) is 0 Å². The maximum Gasteiger partial charge on any atom is 0.246 e. The third-order valence-corrected chi connectivity index (χ3v) is 3.73. The van der Waals surface area contributed by atoms with Crippen LogP contribution in [0.2, 0.25) is 0 Å². The molecule has 1 saturated heterocycles. The van der Waals surface area contributed by atoms with Gasteiger partial charge in [0.25, 0.3) is 0 Å². The molecule has 0 aromatic heterocycles. The monoisotopic (exact) mass is 261 g/mol. The van der Waals surface area contributed by atoms with Crippen LogP contribution in [-0.4, -0.2) is 28.8 Å². The first-order valence-corrected chi connectivity index (χ1v) is 6.29. The van der Waals surface area contributed by atoms with E-state index in [0.717, 1.165) is 5.56 Å². The molecule has 1 atom stereocenters. The minimum Gasteiger partial charge on any atom is -0.399 e. The van der Waals surface area contributed by atoms with Crippen LogP contribution in [0.15, 0.2) is 24.3 Å². The number of amides is 2. The average molecular weight is 261 g/mol. The Hall–Kier alpha value is -1.88. The first-order chi connectivity index (χ1) is 8.82. The summed E-state index contributed by atoms with van der Waals surface area (Å²) in [6.45, 7) is 5.84. The lowest BCUT2D eigenvalue weighted by molar-refractivity contribution is -0.147. The zero-order valence-corrected chi connectivity index (χ0v) is 11.4. The Morgan fingerprint density at radius 3 is 2.42 bits per heavy atom. The molecule has 1 aliphatic heterocycles. The molecular formula is C14H19N3O2. The molecule has 1 fully saturated rings. The molecule has 0 saturated carbocycles. The largest absolute Gasteiger partial charge is 0.399 e. The summed E-state index contributed by atoms with van der Waals surface area (Å²) in [5, 5.41) is 2.38. The highest BCUT2D eigenvalue weighted by molar-refractivity contribution is 6.03. The second-order valence-corrected chi connectivity index (χ2v) is 5.41. The van der Waals surface area contributed by atoms with Gasteiger partial charge in [-0.1, -0.05) is 12.1 Å². The standard InChI is InChI=1S/C14H19N3O2/c1-9(10-4-6-11(15)7-5-10)17-8-12(18)16-13(19)14(17,2)3/h4-7,9H,8,15H2,1-3H3,(H,16,18,19). The van der Waals surface area contributed by atoms with E-state index in [-0.39, 0.29) is 24.4 Å². The number of carbonyl (C=O) groups is 2. The SMILES string of the molecule is CC(c1ccc(N)cc1)N1CC(=O)NC(=O)C1(C)C. The van der Waals surface area contributed by atoms with Gasteiger partial charge in [0.15, 0.2) is 0 Å². The number of hydrogen-bond acceptors (Lipinski definition) is 4. The van der Waals surface area contributed by atoms with E-state index in [1.807, 2.05) is 49.9 Å². The molecule has 1 aromatic carbocycles. The van der Waals surface area contributed by atoms with Gasteiger partial charge in [-0.25, -0.2) is 0 Å². The fraction of sp³-hybridized carbons (Fsp3) is 0.429. The fourth-order valence-corrected chi connectivity index (χ4v) is 2.38. The number of carbonyl (C=O) groups excluding carboxylic acids is 2. The molecule has 1 aliphatic rings. The molecule has 3 N–H and O–H groups in total. The molecule has 1 heterocycles. The second-order valence-electron chi connectivity index (χ2n) is 5.41. The van der Waals surface area contributed by atoms with Gasteiger partial charge in [-0.2, -0.15) is 0 Å². The zero-order valence-electron chi connectivity index (χ0n) is 11.4. The second kappa shape index (κ2) is 4.66. The summed E-state index contributed by atoms with van der Waals surface area (Å²) in [6.07, 6.45) is 0. The minimum absolute atomic E-state index is 0.0365. The molecule has 2 amide bonds. The van der Waals surface area contributed by atoms with E-state index >= 15 is 0 Å². The number of hydrogen-bond donors (Lipinski definition) is 2. The van der Waals surface area contributed by atoms with Crippen molar-refractivity contribution in [3.8, 4) is 0 Å². The lowest BCUT2D eigenvalue weighted by Crippen LogP contribution is -2.64. The summed E-state index contributed by atoms with van der Waals surface area (Å²) in [6, 6.07) is 7.46. The van der Waals surface area contributed by atoms with Gasteiger partial charge in [-0.3, -0.25) is 19.8 Å². The van der Waals surface area contributed by atoms with E-state index in [4.69, 9.17) is 5.73 Å². The van der Waals surface area contributed by atoms with Crippen LogP contribution >= 0.6 is 0 Å². The van der Waals surface area contributed by atoms with E-state index < -0.39 is 5.54 Å². The number of nitrogens with two attached hydrogens (primary N) is 1. The van der Waals surface area contributed by atoms with Crippen LogP contribution in [0, 0.1) is 0 Å². The molecule has 1 aromatic rings. The molecule has 19 heavy (non-hydrogen) atoms. The molecular weight excluding hydrogens is 242 g/mol. The van der Waals surface area contributed by atoms with Crippen LogP contribution in [0.3, 0.4) is 0 Å². The molecule has 1 unspecified atom stereocenters. The van der Waals surface area contributed by atoms with Crippen LogP contribution < -0.4 is 11.1 Å². The zero-order chi connectivity index (χ0) is 14.2. The van der Waals surface area contributed by atoms with Crippen molar-refractivity contribution in [1.29, 1.82) is 0 Å². The highest BCUT2D eigenvalue weighted by Gasteiger charge is 2.43. The molecule has 5 nitrogen and oxygen atoms in total. The summed E-state index contributed by atoms with van der Waals surface area (Å²) in [5.41, 5.74) is 6.69. The van der Waals surface area contributed by atoms with Crippen LogP contribution in [0.1, 0.15) is 32.4 Å². The quantitative estimate of drug-likeness (QED) is 0.616. The van der Waals surface area contributed by atoms with Crippen molar-refractivity contribution in [2.45, 2.75) is 32.4 Å². The van der Waals surface area contributed by atoms with Gasteiger partial charge in [-0.15, -0.1) is 0 Å². The van der Waals surface area contributed by atoms with Gasteiger partial charge < -0.3 is 5.73 Å². The summed E-state index contributed by atoms with van der Waals surface area (Å²) in [5.74, 6) is -0.516. The molecule has 5 heteroatoms. The Morgan fingerprint density at radius 1 is 1.26 bits per heavy atom. The predicted octanol–water partition coefficient (Wildman–Crippen LogP) is 1.07. The van der Waals surface area contributed by atoms with E-state index in [9.17, 15) is 9.59 Å². The number of nitrogen functional groups attached to an aromatic ring is 1. The van der Waals surface area contributed by atoms with Gasteiger partial charge in [0.2, 0.25) is 11.8 Å². The maximum absolute atomic E-state index is 11.9. The number of benzene rings is 1. The van der Waals surface area contributed by atoms with Crippen LogP contribution in [0.4, 0.5) is 5.69 Å². The molecule has 0 radical (unpaired) electrons. The number of nitrogens with one attached hydrogen (secondary N) is 1. The first kappa shape index (κ1) is 13.5. The lowest BCUT2D eigenvalue weighted by atomic mass is 9.94. The fourth-order valence-electron chi connectivity index (χ4n) is 2.38. The highest BCUT2D eigenvalue weighted by atomic mass is 16.2. The maximum atomic E-state index is 11.9. The minimum atomic E-state index is -0.714. The van der Waals surface area contributed by atoms with Gasteiger partial charge in [-0.05, 0) is 38.5 Å². The Bertz CT molecular complexity index is 508. The summed E-state index contributed by atoms with van der Waals surface area (Å²) >= 11 is 0. The summed E-state index contributed by atoms with van der Waals surface area (Å²) in [7, 11) is 0. The van der Waals surface area contributed by atoms with Crippen molar-refractivity contribution in [2.24, 2.45) is 0 Å². The average Bonchev–Trinajstić information content (AvgIpc) is 2.34. The number of rotatable bonds is 2. The molecule has 0 spiro atoms. The van der Waals surface area contributed by atoms with Gasteiger partial charge >= 0.3 is 0 Å². The highest BCUT2D eigenvalue weighted by Crippen LogP contribution is 2.30. The van der Waals surface area contributed by atoms with Gasteiger partial charge in [0.05, 0.1) is 12.1 Å². The Kier molecular flexibility index (Phi) is 3.32. The number of imide groups is 1. The van der Waals surface area contributed by atoms with Crippen molar-refractivity contribution >= 4 is 17.5 Å². The first-order valence-electron chi connectivity index (χ1n) is 6.29. The number of anilines is 1. The third kappa shape index (κ3) is 2.46. The Balaban J connectivity index is 2.30. The van der Waals surface area contributed by atoms with Crippen LogP contribution in [0.5, 0.6) is 0 Å². The topological polar surface area (TPSA) is 75.4 Å². The van der Waals surface area contributed by atoms with Crippen molar-refractivity contribution in [1.82, 2.24) is 10.2 Å². The normalized spacial score (nSPS) is 21.0. The van der Waals surface area contributed by atoms with E-state index in [0.29, 0.717) is 5.69 Å². The summed E-state index contributed by atoms with van der Waals surface area (Å²) < 4.78 is 0. The van der Waals surface area contributed by atoms with Gasteiger partial charge in [0, 0.05) is 11.7 Å². The number of nitrogens with zero attached hydrogens (tertiary/aromatic N) is 1. The van der Waals surface area contributed by atoms with Crippen LogP contribution in [0.25, 0.3) is 0 Å². The van der Waals surface area contributed by atoms with Crippen LogP contribution in [-0.2, 0) is 9.59 Å². The molecule has 102 valence electrons. The van der Waals surface area contributed by atoms with Crippen molar-refractivity contribution in [3.05, 3.63) is 29.8 Å². The predicted molar refractivity (Wildman–Crippen MR) is 73.2 cm³/mol. The van der Waals surface area contributed by atoms with Crippen molar-refractivity contribution < 1.29 is 9.59 Å². The van der Waals surface area contributed by atoms with Crippen molar-refractivity contribution in [2.75, 3.05) is 12.3 Å². The lowest BCUT2D eigenvalue weighted by Gasteiger charge is -2.43. The molecule has 0 aliphatic carbocycles.